The van der Waals surface area contributed by atoms with Gasteiger partial charge in [0.25, 0.3) is 5.91 Å². The predicted octanol–water partition coefficient (Wildman–Crippen LogP) is 5.50. The number of nitrogens with zero attached hydrogens (tertiary/aromatic N) is 1. The van der Waals surface area contributed by atoms with Gasteiger partial charge in [-0.25, -0.2) is 4.39 Å². The van der Waals surface area contributed by atoms with Crippen LogP contribution in [0.25, 0.3) is 0 Å². The number of hydrogen-bond donors (Lipinski definition) is 1. The molecule has 2 aromatic carbocycles. The number of amides is 1. The highest BCUT2D eigenvalue weighted by molar-refractivity contribution is 6.34. The Labute approximate surface area is 159 Å². The summed E-state index contributed by atoms with van der Waals surface area (Å²) in [7, 11) is 2.14. The summed E-state index contributed by atoms with van der Waals surface area (Å²) >= 11 is 6.01. The van der Waals surface area contributed by atoms with Crippen molar-refractivity contribution in [1.82, 2.24) is 4.90 Å². The topological polar surface area (TPSA) is 32.3 Å². The molecule has 1 N–H and O–H groups in total. The third kappa shape index (κ3) is 4.63. The van der Waals surface area contributed by atoms with E-state index >= 15 is 0 Å². The molecular weight excluding hydrogens is 351 g/mol. The summed E-state index contributed by atoms with van der Waals surface area (Å²) in [6.45, 7) is 0.776. The van der Waals surface area contributed by atoms with Crippen LogP contribution in [-0.2, 0) is 6.54 Å². The van der Waals surface area contributed by atoms with Crippen LogP contribution in [0.15, 0.2) is 42.5 Å². The van der Waals surface area contributed by atoms with E-state index in [1.54, 1.807) is 0 Å². The molecule has 0 aromatic heterocycles. The lowest BCUT2D eigenvalue weighted by atomic mass is 9.94. The van der Waals surface area contributed by atoms with Crippen molar-refractivity contribution in [3.05, 3.63) is 64.4 Å². The van der Waals surface area contributed by atoms with Crippen LogP contribution in [0.2, 0.25) is 5.02 Å². The Hall–Kier alpha value is -1.91. The van der Waals surface area contributed by atoms with Crippen LogP contribution in [0.4, 0.5) is 10.1 Å². The fraction of sp³-hybridized carbons (Fsp3) is 0.381. The Morgan fingerprint density at radius 1 is 1.19 bits per heavy atom. The van der Waals surface area contributed by atoms with Gasteiger partial charge in [0.15, 0.2) is 0 Å². The van der Waals surface area contributed by atoms with Crippen LogP contribution in [-0.4, -0.2) is 23.9 Å². The largest absolute Gasteiger partial charge is 0.322 e. The molecule has 1 amide bonds. The lowest BCUT2D eigenvalue weighted by Gasteiger charge is -2.31. The van der Waals surface area contributed by atoms with E-state index in [-0.39, 0.29) is 16.5 Å². The van der Waals surface area contributed by atoms with E-state index in [2.05, 4.69) is 17.3 Å². The SMILES string of the molecule is CN(Cc1ccccc1NC(=O)c1ccc(F)cc1Cl)C1CCCCC1. The molecule has 0 spiro atoms. The maximum Gasteiger partial charge on any atom is 0.257 e. The Morgan fingerprint density at radius 3 is 2.65 bits per heavy atom. The normalized spacial score (nSPS) is 15.2. The van der Waals surface area contributed by atoms with Gasteiger partial charge in [-0.2, -0.15) is 0 Å². The van der Waals surface area contributed by atoms with Gasteiger partial charge in [0, 0.05) is 18.3 Å². The zero-order valence-electron chi connectivity index (χ0n) is 15.0. The molecule has 2 aromatic rings. The maximum absolute atomic E-state index is 13.2. The van der Waals surface area contributed by atoms with Crippen LogP contribution in [0.5, 0.6) is 0 Å². The van der Waals surface area contributed by atoms with Crippen molar-refractivity contribution >= 4 is 23.2 Å². The molecule has 138 valence electrons. The van der Waals surface area contributed by atoms with E-state index in [0.29, 0.717) is 6.04 Å². The van der Waals surface area contributed by atoms with Gasteiger partial charge in [0.05, 0.1) is 10.6 Å². The molecule has 1 fully saturated rings. The summed E-state index contributed by atoms with van der Waals surface area (Å²) in [6.07, 6.45) is 6.37. The van der Waals surface area contributed by atoms with E-state index in [9.17, 15) is 9.18 Å². The lowest BCUT2D eigenvalue weighted by Crippen LogP contribution is -2.33. The third-order valence-corrected chi connectivity index (χ3v) is 5.37. The van der Waals surface area contributed by atoms with E-state index < -0.39 is 5.82 Å². The Balaban J connectivity index is 1.73. The standard InChI is InChI=1S/C21H24ClFN2O/c1-25(17-8-3-2-4-9-17)14-15-7-5-6-10-20(15)24-21(26)18-12-11-16(23)13-19(18)22/h5-7,10-13,17H,2-4,8-9,14H2,1H3,(H,24,26). The first-order chi connectivity index (χ1) is 12.5. The van der Waals surface area contributed by atoms with Gasteiger partial charge in [0.1, 0.15) is 5.82 Å². The van der Waals surface area contributed by atoms with Crippen molar-refractivity contribution in [1.29, 1.82) is 0 Å². The molecule has 1 aliphatic carbocycles. The van der Waals surface area contributed by atoms with Crippen molar-refractivity contribution in [3.8, 4) is 0 Å². The zero-order chi connectivity index (χ0) is 18.5. The number of halogens is 2. The van der Waals surface area contributed by atoms with Gasteiger partial charge < -0.3 is 5.32 Å². The average molecular weight is 375 g/mol. The fourth-order valence-corrected chi connectivity index (χ4v) is 3.82. The van der Waals surface area contributed by atoms with E-state index in [1.165, 1.54) is 44.2 Å². The zero-order valence-corrected chi connectivity index (χ0v) is 15.7. The molecule has 0 bridgehead atoms. The summed E-state index contributed by atoms with van der Waals surface area (Å²) in [5.74, 6) is -0.788. The van der Waals surface area contributed by atoms with Gasteiger partial charge >= 0.3 is 0 Å². The quantitative estimate of drug-likeness (QED) is 0.749. The van der Waals surface area contributed by atoms with Crippen molar-refractivity contribution < 1.29 is 9.18 Å². The van der Waals surface area contributed by atoms with Gasteiger partial charge in [-0.15, -0.1) is 0 Å². The number of benzene rings is 2. The highest BCUT2D eigenvalue weighted by Gasteiger charge is 2.19. The first kappa shape index (κ1) is 18.9. The van der Waals surface area contributed by atoms with Gasteiger partial charge in [-0.1, -0.05) is 49.1 Å². The molecule has 1 saturated carbocycles. The van der Waals surface area contributed by atoms with E-state index in [4.69, 9.17) is 11.6 Å². The highest BCUT2D eigenvalue weighted by Crippen LogP contribution is 2.26. The molecule has 3 rings (SSSR count). The lowest BCUT2D eigenvalue weighted by molar-refractivity contribution is 0.102. The second kappa shape index (κ2) is 8.65. The highest BCUT2D eigenvalue weighted by atomic mass is 35.5. The number of carbonyl (C=O) groups is 1. The molecule has 1 aliphatic rings. The minimum Gasteiger partial charge on any atom is -0.322 e. The maximum atomic E-state index is 13.2. The summed E-state index contributed by atoms with van der Waals surface area (Å²) in [5, 5.41) is 3.03. The van der Waals surface area contributed by atoms with Crippen LogP contribution < -0.4 is 5.32 Å². The Bertz CT molecular complexity index is 774. The van der Waals surface area contributed by atoms with Crippen LogP contribution >= 0.6 is 11.6 Å². The van der Waals surface area contributed by atoms with Crippen LogP contribution in [0.3, 0.4) is 0 Å². The third-order valence-electron chi connectivity index (χ3n) is 5.06. The van der Waals surface area contributed by atoms with Crippen molar-refractivity contribution in [3.63, 3.8) is 0 Å². The predicted molar refractivity (Wildman–Crippen MR) is 104 cm³/mol. The van der Waals surface area contributed by atoms with Crippen LogP contribution in [0.1, 0.15) is 48.0 Å². The summed E-state index contributed by atoms with van der Waals surface area (Å²) < 4.78 is 13.2. The number of nitrogens with one attached hydrogen (secondary N) is 1. The molecule has 0 atom stereocenters. The molecule has 5 heteroatoms. The second-order valence-corrected chi connectivity index (χ2v) is 7.35. The minimum absolute atomic E-state index is 0.110. The summed E-state index contributed by atoms with van der Waals surface area (Å²) in [6, 6.07) is 12.2. The Kier molecular flexibility index (Phi) is 6.28. The monoisotopic (exact) mass is 374 g/mol. The van der Waals surface area contributed by atoms with Crippen LogP contribution in [0, 0.1) is 5.82 Å². The molecule has 3 nitrogen and oxygen atoms in total. The van der Waals surface area contributed by atoms with Crippen molar-refractivity contribution in [2.24, 2.45) is 0 Å². The number of carbonyl (C=O) groups excluding carboxylic acids is 1. The molecule has 0 heterocycles. The van der Waals surface area contributed by atoms with Gasteiger partial charge in [0.2, 0.25) is 0 Å². The first-order valence-corrected chi connectivity index (χ1v) is 9.47. The van der Waals surface area contributed by atoms with Crippen molar-refractivity contribution in [2.45, 2.75) is 44.7 Å². The number of para-hydroxylation sites is 1. The summed E-state index contributed by atoms with van der Waals surface area (Å²) in [5.41, 5.74) is 2.09. The van der Waals surface area contributed by atoms with E-state index in [1.807, 2.05) is 24.3 Å². The van der Waals surface area contributed by atoms with E-state index in [0.717, 1.165) is 23.9 Å². The fourth-order valence-electron chi connectivity index (χ4n) is 3.56. The van der Waals surface area contributed by atoms with Gasteiger partial charge in [-0.05, 0) is 49.7 Å². The van der Waals surface area contributed by atoms with Gasteiger partial charge in [-0.3, -0.25) is 9.69 Å². The van der Waals surface area contributed by atoms with Crippen molar-refractivity contribution in [2.75, 3.05) is 12.4 Å². The summed E-state index contributed by atoms with van der Waals surface area (Å²) in [4.78, 5) is 14.9. The molecule has 0 aliphatic heterocycles. The Morgan fingerprint density at radius 2 is 1.92 bits per heavy atom. The molecule has 0 radical (unpaired) electrons. The molecule has 0 unspecified atom stereocenters. The second-order valence-electron chi connectivity index (χ2n) is 6.94. The minimum atomic E-state index is -0.457. The average Bonchev–Trinajstić information content (AvgIpc) is 2.64. The smallest absolute Gasteiger partial charge is 0.257 e. The molecule has 0 saturated heterocycles. The molecule has 26 heavy (non-hydrogen) atoms. The molecular formula is C21H24ClFN2O. The first-order valence-electron chi connectivity index (χ1n) is 9.09. The number of rotatable bonds is 5. The number of anilines is 1. The number of hydrogen-bond acceptors (Lipinski definition) is 2.